The highest BCUT2D eigenvalue weighted by Gasteiger charge is 2.10. The quantitative estimate of drug-likeness (QED) is 0.605. The van der Waals surface area contributed by atoms with Crippen LogP contribution in [0.3, 0.4) is 0 Å². The molecule has 6 heteroatoms. The molecular weight excluding hydrogens is 292 g/mol. The molecule has 23 heavy (non-hydrogen) atoms. The van der Waals surface area contributed by atoms with Gasteiger partial charge in [0.05, 0.1) is 24.7 Å². The number of aromatic hydroxyl groups is 1. The van der Waals surface area contributed by atoms with Gasteiger partial charge in [0.25, 0.3) is 0 Å². The van der Waals surface area contributed by atoms with E-state index in [1.807, 2.05) is 34.9 Å². The van der Waals surface area contributed by atoms with Crippen LogP contribution in [0.2, 0.25) is 0 Å². The number of fused-ring (bicyclic) bond motifs is 1. The summed E-state index contributed by atoms with van der Waals surface area (Å²) >= 11 is 0. The SMILES string of the molecule is Oc1ccc(-c2cnc3c(NCc4ccco4)nccn23)cc1. The van der Waals surface area contributed by atoms with Crippen molar-refractivity contribution in [3.05, 3.63) is 67.0 Å². The van der Waals surface area contributed by atoms with Crippen LogP contribution in [0.4, 0.5) is 5.82 Å². The van der Waals surface area contributed by atoms with Crippen LogP contribution < -0.4 is 5.32 Å². The number of rotatable bonds is 4. The smallest absolute Gasteiger partial charge is 0.180 e. The Labute approximate surface area is 132 Å². The summed E-state index contributed by atoms with van der Waals surface area (Å²) < 4.78 is 7.27. The van der Waals surface area contributed by atoms with Crippen LogP contribution in [0.25, 0.3) is 16.9 Å². The summed E-state index contributed by atoms with van der Waals surface area (Å²) in [5, 5.41) is 12.7. The van der Waals surface area contributed by atoms with E-state index in [4.69, 9.17) is 4.42 Å². The van der Waals surface area contributed by atoms with Gasteiger partial charge in [0.2, 0.25) is 0 Å². The summed E-state index contributed by atoms with van der Waals surface area (Å²) in [4.78, 5) is 8.81. The third-order valence-corrected chi connectivity index (χ3v) is 3.60. The van der Waals surface area contributed by atoms with Gasteiger partial charge < -0.3 is 14.8 Å². The summed E-state index contributed by atoms with van der Waals surface area (Å²) in [6.45, 7) is 0.543. The molecule has 0 atom stereocenters. The topological polar surface area (TPSA) is 75.6 Å². The molecule has 0 aliphatic heterocycles. The molecule has 0 spiro atoms. The average Bonchev–Trinajstić information content (AvgIpc) is 3.23. The molecule has 0 bridgehead atoms. The van der Waals surface area contributed by atoms with E-state index in [1.54, 1.807) is 30.8 Å². The monoisotopic (exact) mass is 306 g/mol. The standard InChI is InChI=1S/C17H14N4O2/c22-13-5-3-12(4-6-13)15-11-20-17-16(18-7-8-21(15)17)19-10-14-2-1-9-23-14/h1-9,11,22H,10H2,(H,18,19). The van der Waals surface area contributed by atoms with Crippen LogP contribution in [0.5, 0.6) is 5.75 Å². The second-order valence-electron chi connectivity index (χ2n) is 5.09. The number of nitrogens with zero attached hydrogens (tertiary/aromatic N) is 3. The number of furan rings is 1. The normalized spacial score (nSPS) is 11.0. The molecule has 0 saturated heterocycles. The lowest BCUT2D eigenvalue weighted by Gasteiger charge is -2.06. The fourth-order valence-electron chi connectivity index (χ4n) is 2.47. The highest BCUT2D eigenvalue weighted by atomic mass is 16.3. The Balaban J connectivity index is 1.70. The van der Waals surface area contributed by atoms with Crippen LogP contribution in [-0.4, -0.2) is 19.5 Å². The van der Waals surface area contributed by atoms with E-state index in [0.717, 1.165) is 22.7 Å². The van der Waals surface area contributed by atoms with Gasteiger partial charge in [-0.25, -0.2) is 9.97 Å². The molecule has 3 aromatic heterocycles. The molecular formula is C17H14N4O2. The van der Waals surface area contributed by atoms with Gasteiger partial charge in [-0.15, -0.1) is 0 Å². The fourth-order valence-corrected chi connectivity index (χ4v) is 2.47. The lowest BCUT2D eigenvalue weighted by Crippen LogP contribution is -2.03. The van der Waals surface area contributed by atoms with E-state index in [2.05, 4.69) is 15.3 Å². The Kier molecular flexibility index (Phi) is 3.20. The van der Waals surface area contributed by atoms with Gasteiger partial charge in [0.15, 0.2) is 11.5 Å². The molecule has 0 radical (unpaired) electrons. The maximum atomic E-state index is 9.42. The minimum atomic E-state index is 0.241. The van der Waals surface area contributed by atoms with Crippen molar-refractivity contribution in [3.63, 3.8) is 0 Å². The lowest BCUT2D eigenvalue weighted by molar-refractivity contribution is 0.475. The number of phenolic OH excluding ortho intramolecular Hbond substituents is 1. The minimum Gasteiger partial charge on any atom is -0.508 e. The van der Waals surface area contributed by atoms with Crippen molar-refractivity contribution in [1.29, 1.82) is 0 Å². The highest BCUT2D eigenvalue weighted by molar-refractivity contribution is 5.70. The third kappa shape index (κ3) is 2.50. The van der Waals surface area contributed by atoms with Crippen molar-refractivity contribution in [1.82, 2.24) is 14.4 Å². The predicted molar refractivity (Wildman–Crippen MR) is 86.1 cm³/mol. The molecule has 0 aliphatic carbocycles. The van der Waals surface area contributed by atoms with Crippen molar-refractivity contribution in [2.45, 2.75) is 6.54 Å². The van der Waals surface area contributed by atoms with E-state index in [0.29, 0.717) is 12.4 Å². The van der Waals surface area contributed by atoms with Crippen molar-refractivity contribution in [2.75, 3.05) is 5.32 Å². The van der Waals surface area contributed by atoms with E-state index in [1.165, 1.54) is 0 Å². The molecule has 0 aliphatic rings. The number of imidazole rings is 1. The molecule has 4 rings (SSSR count). The number of anilines is 1. The van der Waals surface area contributed by atoms with E-state index < -0.39 is 0 Å². The van der Waals surface area contributed by atoms with E-state index in [-0.39, 0.29) is 5.75 Å². The zero-order valence-electron chi connectivity index (χ0n) is 12.2. The molecule has 0 saturated carbocycles. The van der Waals surface area contributed by atoms with Crippen molar-refractivity contribution in [3.8, 4) is 17.0 Å². The Morgan fingerprint density at radius 1 is 1.13 bits per heavy atom. The summed E-state index contributed by atoms with van der Waals surface area (Å²) in [5.41, 5.74) is 2.64. The second kappa shape index (κ2) is 5.49. The first-order valence-corrected chi connectivity index (χ1v) is 7.19. The summed E-state index contributed by atoms with van der Waals surface area (Å²) in [6.07, 6.45) is 7.02. The van der Waals surface area contributed by atoms with Crippen LogP contribution in [-0.2, 0) is 6.54 Å². The molecule has 0 fully saturated rings. The second-order valence-corrected chi connectivity index (χ2v) is 5.09. The summed E-state index contributed by atoms with van der Waals surface area (Å²) in [7, 11) is 0. The number of phenols is 1. The first kappa shape index (κ1) is 13.4. The molecule has 0 unspecified atom stereocenters. The Hall–Kier alpha value is -3.28. The van der Waals surface area contributed by atoms with Crippen LogP contribution >= 0.6 is 0 Å². The summed E-state index contributed by atoms with van der Waals surface area (Å²) in [5.74, 6) is 1.76. The number of hydrogen-bond donors (Lipinski definition) is 2. The minimum absolute atomic E-state index is 0.241. The van der Waals surface area contributed by atoms with E-state index in [9.17, 15) is 5.11 Å². The maximum Gasteiger partial charge on any atom is 0.180 e. The molecule has 3 heterocycles. The van der Waals surface area contributed by atoms with Gasteiger partial charge in [0, 0.05) is 18.0 Å². The molecule has 0 amide bonds. The van der Waals surface area contributed by atoms with Gasteiger partial charge in [-0.1, -0.05) is 0 Å². The molecule has 4 aromatic rings. The lowest BCUT2D eigenvalue weighted by atomic mass is 10.1. The maximum absolute atomic E-state index is 9.42. The van der Waals surface area contributed by atoms with Crippen molar-refractivity contribution < 1.29 is 9.52 Å². The van der Waals surface area contributed by atoms with Gasteiger partial charge in [-0.2, -0.15) is 0 Å². The van der Waals surface area contributed by atoms with Gasteiger partial charge >= 0.3 is 0 Å². The molecule has 1 aromatic carbocycles. The van der Waals surface area contributed by atoms with E-state index >= 15 is 0 Å². The highest BCUT2D eigenvalue weighted by Crippen LogP contribution is 2.25. The Morgan fingerprint density at radius 2 is 2.00 bits per heavy atom. The molecule has 6 nitrogen and oxygen atoms in total. The predicted octanol–water partition coefficient (Wildman–Crippen LogP) is 3.31. The zero-order valence-corrected chi connectivity index (χ0v) is 12.2. The third-order valence-electron chi connectivity index (χ3n) is 3.60. The van der Waals surface area contributed by atoms with Crippen LogP contribution in [0.1, 0.15) is 5.76 Å². The molecule has 2 N–H and O–H groups in total. The van der Waals surface area contributed by atoms with Gasteiger partial charge in [0.1, 0.15) is 11.5 Å². The number of aromatic nitrogens is 3. The van der Waals surface area contributed by atoms with Crippen molar-refractivity contribution >= 4 is 11.5 Å². The summed E-state index contributed by atoms with van der Waals surface area (Å²) in [6, 6.07) is 10.8. The zero-order chi connectivity index (χ0) is 15.6. The number of nitrogens with one attached hydrogen (secondary N) is 1. The van der Waals surface area contributed by atoms with Gasteiger partial charge in [-0.05, 0) is 36.4 Å². The number of hydrogen-bond acceptors (Lipinski definition) is 5. The van der Waals surface area contributed by atoms with Crippen LogP contribution in [0, 0.1) is 0 Å². The van der Waals surface area contributed by atoms with Gasteiger partial charge in [-0.3, -0.25) is 4.40 Å². The molecule has 114 valence electrons. The largest absolute Gasteiger partial charge is 0.508 e. The average molecular weight is 306 g/mol. The Bertz CT molecular complexity index is 927. The Morgan fingerprint density at radius 3 is 2.78 bits per heavy atom. The first-order chi connectivity index (χ1) is 11.3. The number of benzene rings is 1. The first-order valence-electron chi connectivity index (χ1n) is 7.19. The van der Waals surface area contributed by atoms with Crippen LogP contribution in [0.15, 0.2) is 65.7 Å². The van der Waals surface area contributed by atoms with Crippen molar-refractivity contribution in [2.24, 2.45) is 0 Å². The fraction of sp³-hybridized carbons (Fsp3) is 0.0588.